The molecule has 0 aliphatic heterocycles. The van der Waals surface area contributed by atoms with Crippen LogP contribution in [0.25, 0.3) is 0 Å². The van der Waals surface area contributed by atoms with E-state index in [-0.39, 0.29) is 0 Å². The number of hydrogen-bond donors (Lipinski definition) is 1. The third kappa shape index (κ3) is 4.92. The second kappa shape index (κ2) is 7.07. The van der Waals surface area contributed by atoms with Crippen LogP contribution in [0.4, 0.5) is 5.69 Å². The number of nitrogens with two attached hydrogens (primary N) is 1. The molecule has 0 atom stereocenters. The Morgan fingerprint density at radius 3 is 2.67 bits per heavy atom. The molecule has 1 aromatic heterocycles. The number of rotatable bonds is 6. The molecule has 0 saturated heterocycles. The first-order valence-electron chi connectivity index (χ1n) is 5.62. The van der Waals surface area contributed by atoms with Crippen molar-refractivity contribution in [1.29, 1.82) is 0 Å². The smallest absolute Gasteiger partial charge is 0.175 e. The van der Waals surface area contributed by atoms with E-state index in [0.717, 1.165) is 12.2 Å². The van der Waals surface area contributed by atoms with Gasteiger partial charge in [-0.2, -0.15) is 0 Å². The fourth-order valence-electron chi connectivity index (χ4n) is 1.56. The van der Waals surface area contributed by atoms with E-state index >= 15 is 0 Å². The summed E-state index contributed by atoms with van der Waals surface area (Å²) in [6.45, 7) is 5.76. The summed E-state index contributed by atoms with van der Waals surface area (Å²) >= 11 is 16.8. The molecule has 0 fully saturated rings. The molecule has 0 aliphatic rings. The highest BCUT2D eigenvalue weighted by Gasteiger charge is 2.14. The second-order valence-electron chi connectivity index (χ2n) is 4.40. The Hall–Kier alpha value is -0.650. The summed E-state index contributed by atoms with van der Waals surface area (Å²) in [6.07, 6.45) is 0.623. The van der Waals surface area contributed by atoms with E-state index in [2.05, 4.69) is 28.9 Å². The molecule has 1 heterocycles. The van der Waals surface area contributed by atoms with Gasteiger partial charge in [0.2, 0.25) is 0 Å². The van der Waals surface area contributed by atoms with E-state index in [9.17, 15) is 0 Å². The van der Waals surface area contributed by atoms with Crippen molar-refractivity contribution in [3.63, 3.8) is 0 Å². The Morgan fingerprint density at radius 1 is 1.44 bits per heavy atom. The fourth-order valence-corrected chi connectivity index (χ4v) is 2.01. The zero-order chi connectivity index (χ0) is 13.7. The SMILES string of the molecule is CC(C)CN(CCC(N)=S)c1cc(Cl)nnc1Cl. The van der Waals surface area contributed by atoms with Gasteiger partial charge >= 0.3 is 0 Å². The Morgan fingerprint density at radius 2 is 2.11 bits per heavy atom. The minimum Gasteiger partial charge on any atom is -0.393 e. The lowest BCUT2D eigenvalue weighted by Crippen LogP contribution is -2.31. The van der Waals surface area contributed by atoms with Crippen LogP contribution in [0.2, 0.25) is 10.3 Å². The van der Waals surface area contributed by atoms with Gasteiger partial charge in [-0.05, 0) is 5.92 Å². The fraction of sp³-hybridized carbons (Fsp3) is 0.545. The Kier molecular flexibility index (Phi) is 6.05. The molecule has 0 amide bonds. The lowest BCUT2D eigenvalue weighted by atomic mass is 10.2. The molecule has 100 valence electrons. The number of aromatic nitrogens is 2. The molecule has 18 heavy (non-hydrogen) atoms. The Labute approximate surface area is 122 Å². The van der Waals surface area contributed by atoms with E-state index in [1.165, 1.54) is 0 Å². The van der Waals surface area contributed by atoms with Crippen molar-refractivity contribution in [2.75, 3.05) is 18.0 Å². The van der Waals surface area contributed by atoms with Crippen LogP contribution in [0, 0.1) is 5.92 Å². The van der Waals surface area contributed by atoms with Crippen molar-refractivity contribution in [3.8, 4) is 0 Å². The van der Waals surface area contributed by atoms with Gasteiger partial charge in [0.05, 0.1) is 10.7 Å². The van der Waals surface area contributed by atoms with Crippen LogP contribution in [0.1, 0.15) is 20.3 Å². The van der Waals surface area contributed by atoms with Crippen LogP contribution in [-0.2, 0) is 0 Å². The van der Waals surface area contributed by atoms with Gasteiger partial charge in [0.15, 0.2) is 10.3 Å². The van der Waals surface area contributed by atoms with Gasteiger partial charge in [0.1, 0.15) is 0 Å². The van der Waals surface area contributed by atoms with Gasteiger partial charge in [0.25, 0.3) is 0 Å². The first-order valence-corrected chi connectivity index (χ1v) is 6.78. The van der Waals surface area contributed by atoms with Crippen molar-refractivity contribution >= 4 is 46.1 Å². The van der Waals surface area contributed by atoms with E-state index in [4.69, 9.17) is 41.2 Å². The van der Waals surface area contributed by atoms with Crippen molar-refractivity contribution in [1.82, 2.24) is 10.2 Å². The summed E-state index contributed by atoms with van der Waals surface area (Å²) in [5.74, 6) is 0.472. The van der Waals surface area contributed by atoms with Crippen LogP contribution in [0.15, 0.2) is 6.07 Å². The van der Waals surface area contributed by atoms with Crippen LogP contribution in [0.5, 0.6) is 0 Å². The molecule has 0 aliphatic carbocycles. The van der Waals surface area contributed by atoms with Crippen LogP contribution in [-0.4, -0.2) is 28.3 Å². The molecular weight excluding hydrogens is 291 g/mol. The molecule has 1 rings (SSSR count). The minimum absolute atomic E-state index is 0.318. The van der Waals surface area contributed by atoms with Gasteiger partial charge < -0.3 is 10.6 Å². The summed E-state index contributed by atoms with van der Waals surface area (Å²) in [5.41, 5.74) is 6.30. The number of nitrogens with zero attached hydrogens (tertiary/aromatic N) is 3. The first-order chi connectivity index (χ1) is 8.40. The summed E-state index contributed by atoms with van der Waals surface area (Å²) in [4.78, 5) is 2.56. The Balaban J connectivity index is 2.92. The van der Waals surface area contributed by atoms with E-state index in [1.807, 2.05) is 0 Å². The van der Waals surface area contributed by atoms with Crippen molar-refractivity contribution in [3.05, 3.63) is 16.4 Å². The van der Waals surface area contributed by atoms with Gasteiger partial charge in [-0.3, -0.25) is 0 Å². The van der Waals surface area contributed by atoms with Crippen LogP contribution >= 0.6 is 35.4 Å². The summed E-state index contributed by atoms with van der Waals surface area (Å²) < 4.78 is 0. The maximum absolute atomic E-state index is 6.05. The summed E-state index contributed by atoms with van der Waals surface area (Å²) in [7, 11) is 0. The molecular formula is C11H16Cl2N4S. The van der Waals surface area contributed by atoms with Gasteiger partial charge in [-0.1, -0.05) is 49.3 Å². The van der Waals surface area contributed by atoms with E-state index < -0.39 is 0 Å². The zero-order valence-electron chi connectivity index (χ0n) is 10.4. The number of halogens is 2. The zero-order valence-corrected chi connectivity index (χ0v) is 12.7. The lowest BCUT2D eigenvalue weighted by molar-refractivity contribution is 0.613. The molecule has 0 aromatic carbocycles. The Bertz CT molecular complexity index is 426. The normalized spacial score (nSPS) is 10.7. The lowest BCUT2D eigenvalue weighted by Gasteiger charge is -2.26. The quantitative estimate of drug-likeness (QED) is 0.819. The average molecular weight is 307 g/mol. The molecule has 4 nitrogen and oxygen atoms in total. The largest absolute Gasteiger partial charge is 0.393 e. The maximum Gasteiger partial charge on any atom is 0.175 e. The third-order valence-corrected chi connectivity index (χ3v) is 2.91. The standard InChI is InChI=1S/C11H16Cl2N4S/c1-7(2)6-17(4-3-10(14)18)8-5-9(12)15-16-11(8)13/h5,7H,3-4,6H2,1-2H3,(H2,14,18). The van der Waals surface area contributed by atoms with Crippen LogP contribution < -0.4 is 10.6 Å². The van der Waals surface area contributed by atoms with Crippen LogP contribution in [0.3, 0.4) is 0 Å². The number of thiocarbonyl (C=S) groups is 1. The highest BCUT2D eigenvalue weighted by atomic mass is 35.5. The van der Waals surface area contributed by atoms with E-state index in [0.29, 0.717) is 34.2 Å². The third-order valence-electron chi connectivity index (χ3n) is 2.25. The monoisotopic (exact) mass is 306 g/mol. The van der Waals surface area contributed by atoms with Gasteiger partial charge in [0, 0.05) is 25.6 Å². The van der Waals surface area contributed by atoms with E-state index in [1.54, 1.807) is 6.07 Å². The number of hydrogen-bond acceptors (Lipinski definition) is 4. The van der Waals surface area contributed by atoms with Gasteiger partial charge in [-0.15, -0.1) is 10.2 Å². The van der Waals surface area contributed by atoms with Gasteiger partial charge in [-0.25, -0.2) is 0 Å². The molecule has 0 radical (unpaired) electrons. The molecule has 2 N–H and O–H groups in total. The summed E-state index contributed by atoms with van der Waals surface area (Å²) in [6, 6.07) is 1.71. The first kappa shape index (κ1) is 15.4. The predicted molar refractivity (Wildman–Crippen MR) is 80.5 cm³/mol. The maximum atomic E-state index is 6.05. The topological polar surface area (TPSA) is 55.0 Å². The van der Waals surface area contributed by atoms with Crippen molar-refractivity contribution in [2.24, 2.45) is 11.7 Å². The molecule has 0 unspecified atom stereocenters. The highest BCUT2D eigenvalue weighted by Crippen LogP contribution is 2.26. The van der Waals surface area contributed by atoms with Crippen molar-refractivity contribution < 1.29 is 0 Å². The van der Waals surface area contributed by atoms with Crippen molar-refractivity contribution in [2.45, 2.75) is 20.3 Å². The minimum atomic E-state index is 0.318. The molecule has 1 aromatic rings. The average Bonchev–Trinajstić information content (AvgIpc) is 2.27. The molecule has 0 bridgehead atoms. The molecule has 0 saturated carbocycles. The molecule has 0 spiro atoms. The number of anilines is 1. The summed E-state index contributed by atoms with van der Waals surface area (Å²) in [5, 5.41) is 8.17. The molecule has 7 heteroatoms. The second-order valence-corrected chi connectivity index (χ2v) is 5.67. The highest BCUT2D eigenvalue weighted by molar-refractivity contribution is 7.80. The predicted octanol–water partition coefficient (Wildman–Crippen LogP) is 2.92.